The minimum Gasteiger partial charge on any atom is -1.00 e. The Morgan fingerprint density at radius 2 is 0.789 bits per heavy atom. The summed E-state index contributed by atoms with van der Waals surface area (Å²) in [4.78, 5) is 0. The molecule has 0 aliphatic rings. The first kappa shape index (κ1) is 23.9. The van der Waals surface area contributed by atoms with Crippen LogP contribution in [-0.4, -0.2) is 0 Å². The third-order valence-corrected chi connectivity index (χ3v) is 2.71. The van der Waals surface area contributed by atoms with E-state index in [1.165, 1.54) is 11.1 Å². The van der Waals surface area contributed by atoms with Gasteiger partial charge in [0, 0.05) is 0 Å². The smallest absolute Gasteiger partial charge is 1.00 e. The molecular weight excluding hydrogens is 314 g/mol. The van der Waals surface area contributed by atoms with Crippen LogP contribution in [0.1, 0.15) is 50.7 Å². The summed E-state index contributed by atoms with van der Waals surface area (Å²) >= 11 is 0. The molecule has 0 aliphatic heterocycles. The average molecular weight is 336 g/mol. The van der Waals surface area contributed by atoms with Crippen LogP contribution in [0.5, 0.6) is 0 Å². The maximum atomic E-state index is 2.20. The first-order valence-electron chi connectivity index (χ1n) is 6.04. The van der Waals surface area contributed by atoms with Gasteiger partial charge in [0.2, 0.25) is 0 Å². The molecule has 0 aliphatic carbocycles. The van der Waals surface area contributed by atoms with Crippen LogP contribution >= 0.6 is 0 Å². The topological polar surface area (TPSA) is 0 Å². The number of hydrogen-bond donors (Lipinski definition) is 0. The van der Waals surface area contributed by atoms with Crippen molar-refractivity contribution in [1.82, 2.24) is 0 Å². The predicted octanol–water partition coefficient (Wildman–Crippen LogP) is -0.937. The van der Waals surface area contributed by atoms with Crippen molar-refractivity contribution in [3.8, 4) is 0 Å². The molecule has 1 radical (unpaired) electrons. The van der Waals surface area contributed by atoms with Crippen LogP contribution in [-0.2, 0) is 18.6 Å². The predicted molar refractivity (Wildman–Crippen MR) is 72.2 cm³/mol. The van der Waals surface area contributed by atoms with Gasteiger partial charge < -0.3 is 24.8 Å². The molecule has 105 valence electrons. The van der Waals surface area contributed by atoms with Gasteiger partial charge in [0.05, 0.1) is 0 Å². The molecule has 3 heteroatoms. The molecular formula is C16H22Cl2V. The molecule has 0 fully saturated rings. The van der Waals surface area contributed by atoms with Gasteiger partial charge in [0.1, 0.15) is 0 Å². The molecule has 0 bridgehead atoms. The zero-order valence-electron chi connectivity index (χ0n) is 12.0. The van der Waals surface area contributed by atoms with Crippen molar-refractivity contribution in [3.05, 3.63) is 59.7 Å². The summed E-state index contributed by atoms with van der Waals surface area (Å²) in [5, 5.41) is 0. The Hall–Kier alpha value is -0.136. The van der Waals surface area contributed by atoms with Gasteiger partial charge >= 0.3 is 18.6 Å². The van der Waals surface area contributed by atoms with E-state index in [-0.39, 0.29) is 43.4 Å². The maximum absolute atomic E-state index is 2.20. The zero-order chi connectivity index (χ0) is 12.0. The van der Waals surface area contributed by atoms with Crippen LogP contribution in [0.2, 0.25) is 0 Å². The summed E-state index contributed by atoms with van der Waals surface area (Å²) in [6, 6.07) is 16.9. The molecule has 0 unspecified atom stereocenters. The molecule has 19 heavy (non-hydrogen) atoms. The van der Waals surface area contributed by atoms with E-state index in [0.717, 1.165) is 0 Å². The third kappa shape index (κ3) is 9.41. The van der Waals surface area contributed by atoms with Crippen LogP contribution in [0.25, 0.3) is 0 Å². The second-order valence-corrected chi connectivity index (χ2v) is 4.75. The summed E-state index contributed by atoms with van der Waals surface area (Å²) in [6.07, 6.45) is 0. The molecule has 0 N–H and O–H groups in total. The minimum absolute atomic E-state index is 0. The van der Waals surface area contributed by atoms with Gasteiger partial charge in [-0.25, -0.2) is 24.3 Å². The molecule has 0 atom stereocenters. The van der Waals surface area contributed by atoms with E-state index in [0.29, 0.717) is 11.8 Å². The third-order valence-electron chi connectivity index (χ3n) is 2.71. The fourth-order valence-corrected chi connectivity index (χ4v) is 1.55. The van der Waals surface area contributed by atoms with Gasteiger partial charge in [0.15, 0.2) is 0 Å². The van der Waals surface area contributed by atoms with E-state index in [1.54, 1.807) is 0 Å². The Bertz CT molecular complexity index is 323. The second kappa shape index (κ2) is 12.9. The van der Waals surface area contributed by atoms with Gasteiger partial charge in [0.25, 0.3) is 0 Å². The van der Waals surface area contributed by atoms with Crippen LogP contribution < -0.4 is 24.8 Å². The molecule has 2 rings (SSSR count). The fourth-order valence-electron chi connectivity index (χ4n) is 1.55. The van der Waals surface area contributed by atoms with Gasteiger partial charge in [-0.2, -0.15) is 35.4 Å². The van der Waals surface area contributed by atoms with Crippen molar-refractivity contribution >= 4 is 0 Å². The first-order valence-corrected chi connectivity index (χ1v) is 6.04. The van der Waals surface area contributed by atoms with Gasteiger partial charge in [-0.15, -0.1) is 0 Å². The molecule has 0 aromatic heterocycles. The molecule has 0 saturated heterocycles. The largest absolute Gasteiger partial charge is 4.00 e. The second-order valence-electron chi connectivity index (χ2n) is 4.75. The van der Waals surface area contributed by atoms with E-state index in [4.69, 9.17) is 0 Å². The van der Waals surface area contributed by atoms with Crippen molar-refractivity contribution in [2.75, 3.05) is 0 Å². The standard InChI is InChI=1S/2C8H11.2ClH.V/c2*1-7(2)8-5-3-4-6-8;;;/h2*3-7H,1-2H3;2*1H;/q2*-1;;;+4/p-2. The molecule has 0 spiro atoms. The number of rotatable bonds is 2. The summed E-state index contributed by atoms with van der Waals surface area (Å²) in [6.45, 7) is 8.81. The maximum Gasteiger partial charge on any atom is 4.00 e. The van der Waals surface area contributed by atoms with Crippen LogP contribution in [0.3, 0.4) is 0 Å². The van der Waals surface area contributed by atoms with E-state index >= 15 is 0 Å². The monoisotopic (exact) mass is 335 g/mol. The van der Waals surface area contributed by atoms with Crippen molar-refractivity contribution < 1.29 is 43.4 Å². The Labute approximate surface area is 142 Å². The minimum atomic E-state index is 0. The van der Waals surface area contributed by atoms with Gasteiger partial charge in [-0.1, -0.05) is 39.5 Å². The number of halogens is 2. The van der Waals surface area contributed by atoms with Gasteiger partial charge in [-0.05, 0) is 0 Å². The zero-order valence-corrected chi connectivity index (χ0v) is 14.9. The average Bonchev–Trinajstić information content (AvgIpc) is 2.93. The summed E-state index contributed by atoms with van der Waals surface area (Å²) in [7, 11) is 0. The Morgan fingerprint density at radius 1 is 0.579 bits per heavy atom. The molecule has 0 nitrogen and oxygen atoms in total. The molecule has 2 aromatic carbocycles. The van der Waals surface area contributed by atoms with Crippen molar-refractivity contribution in [2.24, 2.45) is 0 Å². The van der Waals surface area contributed by atoms with Crippen LogP contribution in [0.4, 0.5) is 0 Å². The SMILES string of the molecule is CC(C)[c-]1cccc1.CC(C)[c-]1cccc1.[Cl-].[Cl-].[V+4]. The van der Waals surface area contributed by atoms with E-state index in [9.17, 15) is 0 Å². The van der Waals surface area contributed by atoms with Crippen molar-refractivity contribution in [2.45, 2.75) is 39.5 Å². The quantitative estimate of drug-likeness (QED) is 0.622. The van der Waals surface area contributed by atoms with Crippen molar-refractivity contribution in [3.63, 3.8) is 0 Å². The Morgan fingerprint density at radius 3 is 0.895 bits per heavy atom. The molecule has 0 amide bonds. The summed E-state index contributed by atoms with van der Waals surface area (Å²) in [5.41, 5.74) is 2.87. The summed E-state index contributed by atoms with van der Waals surface area (Å²) in [5.74, 6) is 1.37. The fraction of sp³-hybridized carbons (Fsp3) is 0.375. The first-order chi connectivity index (χ1) is 7.61. The van der Waals surface area contributed by atoms with Crippen molar-refractivity contribution in [1.29, 1.82) is 0 Å². The number of hydrogen-bond acceptors (Lipinski definition) is 0. The Kier molecular flexibility index (Phi) is 16.2. The Balaban J connectivity index is -0.000000233. The molecule has 2 aromatic rings. The molecule has 0 heterocycles. The van der Waals surface area contributed by atoms with Crippen LogP contribution in [0.15, 0.2) is 48.5 Å². The van der Waals surface area contributed by atoms with Crippen LogP contribution in [0, 0.1) is 0 Å². The normalized spacial score (nSPS) is 8.74. The van der Waals surface area contributed by atoms with E-state index in [2.05, 4.69) is 76.2 Å². The summed E-state index contributed by atoms with van der Waals surface area (Å²) < 4.78 is 0. The van der Waals surface area contributed by atoms with E-state index in [1.807, 2.05) is 0 Å². The molecule has 0 saturated carbocycles. The van der Waals surface area contributed by atoms with Gasteiger partial charge in [-0.3, -0.25) is 0 Å². The van der Waals surface area contributed by atoms with E-state index < -0.39 is 0 Å².